The van der Waals surface area contributed by atoms with Gasteiger partial charge >= 0.3 is 35.4 Å². The van der Waals surface area contributed by atoms with Gasteiger partial charge in [-0.3, -0.25) is 42.1 Å². The number of nitrogens with one attached hydrogen (secondary N) is 3. The molecule has 76 heavy (non-hydrogen) atoms. The normalized spacial score (nSPS) is 21.8. The lowest BCUT2D eigenvalue weighted by molar-refractivity contribution is -0.141. The lowest BCUT2D eigenvalue weighted by Crippen LogP contribution is -2.46. The van der Waals surface area contributed by atoms with Gasteiger partial charge in [0.15, 0.2) is 22.8 Å². The molecule has 2 aliphatic heterocycles. The van der Waals surface area contributed by atoms with Gasteiger partial charge in [-0.1, -0.05) is 25.6 Å². The third-order valence-electron chi connectivity index (χ3n) is 11.2. The minimum Gasteiger partial charge on any atom is -0.480 e. The SMILES string of the molecule is CC(C)(COP(=O)(O)OP(=O)(O)OCC1OC(n2cnc3c(N)ncnc32)C(O)C1OP(=O)(O)O)C(O)C(=O)NCCC(=O)NCCSC(=O)CCC(NC(=O)c1ccc(S(=O)(=O)N2CCCC2C(=O)O)cc1)C(=O)O. The Kier molecular flexibility index (Phi) is 21.0. The lowest BCUT2D eigenvalue weighted by Gasteiger charge is -2.30. The molecule has 2 saturated heterocycles. The van der Waals surface area contributed by atoms with E-state index in [1.54, 1.807) is 0 Å². The van der Waals surface area contributed by atoms with Crippen molar-refractivity contribution >= 4 is 97.0 Å². The van der Waals surface area contributed by atoms with Crippen LogP contribution in [0.25, 0.3) is 11.2 Å². The Bertz CT molecular complexity index is 2890. The number of benzene rings is 1. The Balaban J connectivity index is 0.985. The number of fused-ring (bicyclic) bond motifs is 1. The predicted octanol–water partition coefficient (Wildman–Crippen LogP) is -1.43. The first kappa shape index (κ1) is 61.9. The van der Waals surface area contributed by atoms with Gasteiger partial charge in [-0.25, -0.2) is 41.9 Å². The third kappa shape index (κ3) is 16.8. The number of aromatic nitrogens is 4. The van der Waals surface area contributed by atoms with Crippen molar-refractivity contribution in [2.24, 2.45) is 5.41 Å². The summed E-state index contributed by atoms with van der Waals surface area (Å²) in [5.74, 6) is -5.35. The van der Waals surface area contributed by atoms with E-state index in [2.05, 4.69) is 39.7 Å². The molecule has 0 spiro atoms. The van der Waals surface area contributed by atoms with Crippen molar-refractivity contribution in [2.75, 3.05) is 44.3 Å². The number of rotatable bonds is 28. The standard InChI is InChI=1S/C38H54N9O24P3S2/c1-38(2,17-68-74(63,64)71-73(61,62)67-16-24-29(70-72(58,59)60)28(50)35(69-24)46-19-44-27-31(39)42-18-43-32(27)46)30(51)34(53)41-12-11-25(48)40-13-15-75-26(49)10-9-22(36(54)55)45-33(52)20-5-7-21(8-6-20)76(65,66)47-14-3-4-23(47)37(56)57/h5-8,18-19,22-24,28-30,35,50-51H,3-4,9-17H2,1-2H3,(H,40,48)(H,41,53)(H,45,52)(H,54,55)(H,56,57)(H,61,62)(H,63,64)(H2,39,42,43)(H2,58,59,60). The van der Waals surface area contributed by atoms with E-state index in [9.17, 15) is 90.9 Å². The zero-order chi connectivity index (χ0) is 56.6. The van der Waals surface area contributed by atoms with Crippen LogP contribution in [0.3, 0.4) is 0 Å². The number of hydrogen-bond donors (Lipinski definition) is 12. The van der Waals surface area contributed by atoms with Crippen LogP contribution in [0, 0.1) is 5.41 Å². The second-order valence-corrected chi connectivity index (χ2v) is 24.6. The fraction of sp³-hybridized carbons (Fsp3) is 0.553. The third-order valence-corrected chi connectivity index (χ3v) is 17.2. The molecule has 0 aliphatic carbocycles. The highest BCUT2D eigenvalue weighted by Gasteiger charge is 2.50. The number of anilines is 1. The molecule has 2 aliphatic rings. The number of sulfonamides is 1. The zero-order valence-electron chi connectivity index (χ0n) is 39.9. The number of imidazole rings is 1. The number of nitrogen functional groups attached to an aromatic ring is 1. The fourth-order valence-corrected chi connectivity index (χ4v) is 12.5. The van der Waals surface area contributed by atoms with Crippen LogP contribution in [-0.4, -0.2) is 182 Å². The summed E-state index contributed by atoms with van der Waals surface area (Å²) < 4.78 is 89.2. The van der Waals surface area contributed by atoms with Gasteiger partial charge in [0.2, 0.25) is 21.8 Å². The second kappa shape index (κ2) is 25.7. The largest absolute Gasteiger partial charge is 0.481 e. The number of hydrogen-bond acceptors (Lipinski definition) is 23. The Morgan fingerprint density at radius 1 is 0.961 bits per heavy atom. The summed E-state index contributed by atoms with van der Waals surface area (Å²) in [6.07, 6.45) is -7.55. The molecule has 9 atom stereocenters. The number of phosphoric ester groups is 3. The molecule has 0 saturated carbocycles. The number of nitrogens with zero attached hydrogens (tertiary/aromatic N) is 5. The van der Waals surface area contributed by atoms with E-state index in [0.29, 0.717) is 6.42 Å². The summed E-state index contributed by atoms with van der Waals surface area (Å²) in [6.45, 7) is -0.151. The number of carbonyl (C=O) groups excluding carboxylic acids is 4. The monoisotopic (exact) mass is 1180 g/mol. The summed E-state index contributed by atoms with van der Waals surface area (Å²) in [5.41, 5.74) is 4.00. The fourth-order valence-electron chi connectivity index (χ4n) is 7.32. The number of aliphatic hydroxyl groups is 2. The molecular weight excluding hydrogens is 1120 g/mol. The molecule has 13 N–H and O–H groups in total. The molecule has 9 unspecified atom stereocenters. The van der Waals surface area contributed by atoms with E-state index in [1.807, 2.05) is 0 Å². The summed E-state index contributed by atoms with van der Waals surface area (Å²) in [7, 11) is -20.8. The van der Waals surface area contributed by atoms with Gasteiger partial charge < -0.3 is 66.4 Å². The van der Waals surface area contributed by atoms with Crippen molar-refractivity contribution in [3.8, 4) is 0 Å². The van der Waals surface area contributed by atoms with Crippen LogP contribution in [0.5, 0.6) is 0 Å². The molecule has 3 amide bonds. The smallest absolute Gasteiger partial charge is 0.480 e. The van der Waals surface area contributed by atoms with Gasteiger partial charge in [-0.2, -0.15) is 8.62 Å². The molecule has 38 heteroatoms. The number of nitrogens with two attached hydrogens (primary N) is 1. The van der Waals surface area contributed by atoms with Gasteiger partial charge in [0.05, 0.1) is 24.4 Å². The van der Waals surface area contributed by atoms with E-state index in [1.165, 1.54) is 13.8 Å². The quantitative estimate of drug-likeness (QED) is 0.0293. The Hall–Kier alpha value is -4.90. The maximum Gasteiger partial charge on any atom is 0.481 e. The van der Waals surface area contributed by atoms with Gasteiger partial charge in [-0.05, 0) is 43.5 Å². The average molecular weight is 1180 g/mol. The molecular formula is C38H54N9O24P3S2. The molecule has 2 fully saturated rings. The number of thioether (sulfide) groups is 1. The van der Waals surface area contributed by atoms with Crippen molar-refractivity contribution in [1.29, 1.82) is 0 Å². The Labute approximate surface area is 434 Å². The van der Waals surface area contributed by atoms with E-state index < -0.39 is 130 Å². The van der Waals surface area contributed by atoms with Crippen LogP contribution >= 0.6 is 35.2 Å². The minimum atomic E-state index is -5.65. The maximum atomic E-state index is 13.0. The molecule has 1 aromatic carbocycles. The van der Waals surface area contributed by atoms with Crippen molar-refractivity contribution in [1.82, 2.24) is 39.8 Å². The van der Waals surface area contributed by atoms with Crippen LogP contribution in [0.2, 0.25) is 0 Å². The second-order valence-electron chi connectivity index (χ2n) is 17.3. The number of carboxylic acids is 2. The summed E-state index contributed by atoms with van der Waals surface area (Å²) in [5, 5.41) is 47.1. The van der Waals surface area contributed by atoms with Crippen LogP contribution in [-0.2, 0) is 70.3 Å². The van der Waals surface area contributed by atoms with Gasteiger partial charge in [0.1, 0.15) is 48.3 Å². The summed E-state index contributed by atoms with van der Waals surface area (Å²) in [6, 6.07) is 1.70. The first-order valence-electron chi connectivity index (χ1n) is 22.3. The lowest BCUT2D eigenvalue weighted by atomic mass is 9.87. The van der Waals surface area contributed by atoms with Gasteiger partial charge in [-0.15, -0.1) is 0 Å². The van der Waals surface area contributed by atoms with E-state index in [4.69, 9.17) is 19.5 Å². The number of aliphatic hydroxyl groups excluding tert-OH is 2. The first-order valence-corrected chi connectivity index (χ1v) is 29.2. The van der Waals surface area contributed by atoms with Crippen molar-refractivity contribution < 1.29 is 113 Å². The molecule has 0 radical (unpaired) electrons. The molecule has 0 bridgehead atoms. The van der Waals surface area contributed by atoms with Crippen LogP contribution in [0.15, 0.2) is 41.8 Å². The Morgan fingerprint density at radius 3 is 2.28 bits per heavy atom. The first-order chi connectivity index (χ1) is 35.3. The number of amides is 3. The molecule has 4 heterocycles. The van der Waals surface area contributed by atoms with Crippen LogP contribution in [0.1, 0.15) is 62.5 Å². The molecule has 422 valence electrons. The Morgan fingerprint density at radius 2 is 1.63 bits per heavy atom. The van der Waals surface area contributed by atoms with E-state index in [0.717, 1.165) is 57.6 Å². The average Bonchev–Trinajstić information content (AvgIpc) is 4.08. The highest BCUT2D eigenvalue weighted by molar-refractivity contribution is 8.13. The topological polar surface area (TPSA) is 505 Å². The number of carbonyl (C=O) groups is 6. The van der Waals surface area contributed by atoms with Crippen LogP contribution in [0.4, 0.5) is 5.82 Å². The van der Waals surface area contributed by atoms with E-state index in [-0.39, 0.29) is 78.5 Å². The number of aliphatic carboxylic acids is 2. The van der Waals surface area contributed by atoms with Gasteiger partial charge in [0.25, 0.3) is 5.91 Å². The highest BCUT2D eigenvalue weighted by Crippen LogP contribution is 2.61. The summed E-state index contributed by atoms with van der Waals surface area (Å²) in [4.78, 5) is 125. The predicted molar refractivity (Wildman–Crippen MR) is 256 cm³/mol. The molecule has 5 rings (SSSR count). The zero-order valence-corrected chi connectivity index (χ0v) is 44.2. The van der Waals surface area contributed by atoms with Gasteiger partial charge in [0, 0.05) is 49.2 Å². The summed E-state index contributed by atoms with van der Waals surface area (Å²) >= 11 is 0.752. The number of phosphoric acid groups is 3. The molecule has 33 nitrogen and oxygen atoms in total. The molecule has 3 aromatic rings. The number of carboxylic acid groups (broad SMARTS) is 2. The molecule has 2 aromatic heterocycles. The van der Waals surface area contributed by atoms with Crippen molar-refractivity contribution in [3.63, 3.8) is 0 Å². The van der Waals surface area contributed by atoms with Crippen LogP contribution < -0.4 is 21.7 Å². The number of ether oxygens (including phenoxy) is 1. The van der Waals surface area contributed by atoms with Crippen molar-refractivity contribution in [2.45, 2.75) is 93.6 Å². The van der Waals surface area contributed by atoms with E-state index >= 15 is 0 Å². The van der Waals surface area contributed by atoms with Crippen molar-refractivity contribution in [3.05, 3.63) is 42.5 Å². The minimum absolute atomic E-state index is 0.00174. The maximum absolute atomic E-state index is 13.0. The highest BCUT2D eigenvalue weighted by atomic mass is 32.2.